The van der Waals surface area contributed by atoms with Crippen LogP contribution in [0.3, 0.4) is 0 Å². The van der Waals surface area contributed by atoms with E-state index in [4.69, 9.17) is 0 Å². The van der Waals surface area contributed by atoms with E-state index < -0.39 is 0 Å². The Morgan fingerprint density at radius 2 is 2.10 bits per heavy atom. The zero-order chi connectivity index (χ0) is 15.2. The number of aryl methyl sites for hydroxylation is 2. The van der Waals surface area contributed by atoms with Crippen LogP contribution in [-0.4, -0.2) is 16.9 Å². The minimum absolute atomic E-state index is 0.0510. The van der Waals surface area contributed by atoms with Gasteiger partial charge < -0.3 is 10.3 Å². The Kier molecular flexibility index (Phi) is 3.31. The highest BCUT2D eigenvalue weighted by molar-refractivity contribution is 5.99. The van der Waals surface area contributed by atoms with Crippen molar-refractivity contribution in [3.05, 3.63) is 35.0 Å². The first-order valence-electron chi connectivity index (χ1n) is 7.78. The number of carbonyl (C=O) groups is 1. The molecule has 1 aliphatic carbocycles. The van der Waals surface area contributed by atoms with Crippen LogP contribution in [0.5, 0.6) is 0 Å². The summed E-state index contributed by atoms with van der Waals surface area (Å²) in [6, 6.07) is 6.21. The number of rotatable bonds is 2. The molecule has 1 heterocycles. The maximum atomic E-state index is 12.5. The summed E-state index contributed by atoms with van der Waals surface area (Å²) >= 11 is 0. The third kappa shape index (κ3) is 2.45. The standard InChI is InChI=1S/C18H24N2O/c1-11-12(2)19-15-8-7-13(10-14(11)15)17(21)20-16-6-5-9-18(16,3)4/h7-8,10,16,19H,5-6,9H2,1-4H3,(H,20,21). The maximum absolute atomic E-state index is 12.5. The van der Waals surface area contributed by atoms with Gasteiger partial charge in [0.05, 0.1) is 0 Å². The normalized spacial score (nSPS) is 20.9. The topological polar surface area (TPSA) is 44.9 Å². The molecule has 1 amide bonds. The maximum Gasteiger partial charge on any atom is 0.251 e. The molecule has 0 radical (unpaired) electrons. The summed E-state index contributed by atoms with van der Waals surface area (Å²) < 4.78 is 0. The van der Waals surface area contributed by atoms with Gasteiger partial charge >= 0.3 is 0 Å². The Morgan fingerprint density at radius 1 is 1.33 bits per heavy atom. The molecule has 2 aromatic rings. The molecule has 1 atom stereocenters. The Balaban J connectivity index is 1.86. The van der Waals surface area contributed by atoms with Crippen molar-refractivity contribution in [2.24, 2.45) is 5.41 Å². The van der Waals surface area contributed by atoms with Crippen molar-refractivity contribution >= 4 is 16.8 Å². The van der Waals surface area contributed by atoms with Gasteiger partial charge in [0.25, 0.3) is 5.91 Å². The summed E-state index contributed by atoms with van der Waals surface area (Å²) in [5.41, 5.74) is 4.45. The fourth-order valence-electron chi connectivity index (χ4n) is 3.44. The van der Waals surface area contributed by atoms with Crippen LogP contribution < -0.4 is 5.32 Å². The molecule has 1 aliphatic rings. The highest BCUT2D eigenvalue weighted by Crippen LogP contribution is 2.37. The van der Waals surface area contributed by atoms with E-state index in [1.165, 1.54) is 24.1 Å². The SMILES string of the molecule is Cc1[nH]c2ccc(C(=O)NC3CCCC3(C)C)cc2c1C. The molecule has 1 aromatic carbocycles. The van der Waals surface area contributed by atoms with E-state index in [2.05, 4.69) is 38.0 Å². The predicted octanol–water partition coefficient (Wildman–Crippen LogP) is 4.09. The molecule has 0 saturated heterocycles. The highest BCUT2D eigenvalue weighted by Gasteiger charge is 2.35. The molecule has 2 N–H and O–H groups in total. The van der Waals surface area contributed by atoms with Crippen LogP contribution >= 0.6 is 0 Å². The van der Waals surface area contributed by atoms with E-state index in [1.807, 2.05) is 18.2 Å². The van der Waals surface area contributed by atoms with Crippen molar-refractivity contribution in [1.29, 1.82) is 0 Å². The molecule has 0 bridgehead atoms. The largest absolute Gasteiger partial charge is 0.358 e. The van der Waals surface area contributed by atoms with Gasteiger partial charge in [-0.2, -0.15) is 0 Å². The first-order valence-corrected chi connectivity index (χ1v) is 7.78. The van der Waals surface area contributed by atoms with Gasteiger partial charge in [-0.15, -0.1) is 0 Å². The van der Waals surface area contributed by atoms with Gasteiger partial charge in [-0.1, -0.05) is 20.3 Å². The van der Waals surface area contributed by atoms with Gasteiger partial charge in [0, 0.05) is 28.2 Å². The summed E-state index contributed by atoms with van der Waals surface area (Å²) in [7, 11) is 0. The summed E-state index contributed by atoms with van der Waals surface area (Å²) in [4.78, 5) is 15.9. The Labute approximate surface area is 126 Å². The van der Waals surface area contributed by atoms with Gasteiger partial charge in [0.1, 0.15) is 0 Å². The van der Waals surface area contributed by atoms with Crippen LogP contribution in [0.15, 0.2) is 18.2 Å². The molecule has 1 fully saturated rings. The fraction of sp³-hybridized carbons (Fsp3) is 0.500. The number of nitrogens with one attached hydrogen (secondary N) is 2. The van der Waals surface area contributed by atoms with Gasteiger partial charge in [-0.05, 0) is 55.9 Å². The second-order valence-corrected chi connectivity index (χ2v) is 7.04. The van der Waals surface area contributed by atoms with Crippen molar-refractivity contribution in [2.75, 3.05) is 0 Å². The number of benzene rings is 1. The lowest BCUT2D eigenvalue weighted by atomic mass is 9.87. The Bertz CT molecular complexity index is 697. The molecule has 3 nitrogen and oxygen atoms in total. The van der Waals surface area contributed by atoms with E-state index >= 15 is 0 Å². The monoisotopic (exact) mass is 284 g/mol. The average Bonchev–Trinajstić information content (AvgIpc) is 2.90. The molecular weight excluding hydrogens is 260 g/mol. The second kappa shape index (κ2) is 4.90. The fourth-order valence-corrected chi connectivity index (χ4v) is 3.44. The van der Waals surface area contributed by atoms with Crippen molar-refractivity contribution in [3.63, 3.8) is 0 Å². The predicted molar refractivity (Wildman–Crippen MR) is 86.7 cm³/mol. The van der Waals surface area contributed by atoms with Crippen LogP contribution in [0.1, 0.15) is 54.7 Å². The summed E-state index contributed by atoms with van der Waals surface area (Å²) in [5, 5.41) is 4.37. The van der Waals surface area contributed by atoms with Gasteiger partial charge in [0.2, 0.25) is 0 Å². The van der Waals surface area contributed by atoms with E-state index in [0.29, 0.717) is 0 Å². The number of hydrogen-bond donors (Lipinski definition) is 2. The molecule has 1 saturated carbocycles. The van der Waals surface area contributed by atoms with Crippen LogP contribution in [0.25, 0.3) is 10.9 Å². The average molecular weight is 284 g/mol. The van der Waals surface area contributed by atoms with Crippen LogP contribution in [0.2, 0.25) is 0 Å². The number of hydrogen-bond acceptors (Lipinski definition) is 1. The van der Waals surface area contributed by atoms with Crippen molar-refractivity contribution < 1.29 is 4.79 Å². The molecular formula is C18H24N2O. The number of amides is 1. The first kappa shape index (κ1) is 14.2. The lowest BCUT2D eigenvalue weighted by Gasteiger charge is -2.27. The molecule has 1 aromatic heterocycles. The number of aromatic nitrogens is 1. The van der Waals surface area contributed by atoms with E-state index in [1.54, 1.807) is 0 Å². The zero-order valence-electron chi connectivity index (χ0n) is 13.3. The molecule has 3 heteroatoms. The number of fused-ring (bicyclic) bond motifs is 1. The number of aromatic amines is 1. The van der Waals surface area contributed by atoms with E-state index in [9.17, 15) is 4.79 Å². The smallest absolute Gasteiger partial charge is 0.251 e. The molecule has 112 valence electrons. The lowest BCUT2D eigenvalue weighted by Crippen LogP contribution is -2.41. The molecule has 1 unspecified atom stereocenters. The second-order valence-electron chi connectivity index (χ2n) is 7.04. The van der Waals surface area contributed by atoms with Gasteiger partial charge in [0.15, 0.2) is 0 Å². The number of H-pyrrole nitrogens is 1. The first-order chi connectivity index (χ1) is 9.88. The number of carbonyl (C=O) groups excluding carboxylic acids is 1. The summed E-state index contributed by atoms with van der Waals surface area (Å²) in [6.07, 6.45) is 3.48. The molecule has 3 rings (SSSR count). The lowest BCUT2D eigenvalue weighted by molar-refractivity contribution is 0.0910. The van der Waals surface area contributed by atoms with Crippen molar-refractivity contribution in [1.82, 2.24) is 10.3 Å². The molecule has 0 aliphatic heterocycles. The van der Waals surface area contributed by atoms with Crippen molar-refractivity contribution in [3.8, 4) is 0 Å². The highest BCUT2D eigenvalue weighted by atomic mass is 16.1. The van der Waals surface area contributed by atoms with Crippen LogP contribution in [0, 0.1) is 19.3 Å². The minimum Gasteiger partial charge on any atom is -0.358 e. The van der Waals surface area contributed by atoms with E-state index in [-0.39, 0.29) is 17.4 Å². The van der Waals surface area contributed by atoms with Crippen molar-refractivity contribution in [2.45, 2.75) is 53.0 Å². The molecule has 21 heavy (non-hydrogen) atoms. The summed E-state index contributed by atoms with van der Waals surface area (Å²) in [6.45, 7) is 8.65. The minimum atomic E-state index is 0.0510. The Morgan fingerprint density at radius 3 is 2.76 bits per heavy atom. The zero-order valence-corrected chi connectivity index (χ0v) is 13.3. The third-order valence-electron chi connectivity index (χ3n) is 5.13. The Hall–Kier alpha value is -1.77. The van der Waals surface area contributed by atoms with Crippen LogP contribution in [0.4, 0.5) is 0 Å². The molecule has 0 spiro atoms. The van der Waals surface area contributed by atoms with Gasteiger partial charge in [-0.3, -0.25) is 4.79 Å². The van der Waals surface area contributed by atoms with Gasteiger partial charge in [-0.25, -0.2) is 0 Å². The summed E-state index contributed by atoms with van der Waals surface area (Å²) in [5.74, 6) is 0.0510. The quantitative estimate of drug-likeness (QED) is 0.857. The third-order valence-corrected chi connectivity index (χ3v) is 5.13. The van der Waals surface area contributed by atoms with E-state index in [0.717, 1.165) is 22.9 Å². The van der Waals surface area contributed by atoms with Crippen LogP contribution in [-0.2, 0) is 0 Å².